The Kier molecular flexibility index (Phi) is 21.6. The van der Waals surface area contributed by atoms with Crippen molar-refractivity contribution in [2.24, 2.45) is 0 Å². The Hall–Kier alpha value is -5.34. The van der Waals surface area contributed by atoms with E-state index in [1.807, 2.05) is 0 Å². The van der Waals surface area contributed by atoms with Gasteiger partial charge < -0.3 is 0 Å². The van der Waals surface area contributed by atoms with Crippen LogP contribution in [0.3, 0.4) is 0 Å². The Labute approximate surface area is 492 Å². The summed E-state index contributed by atoms with van der Waals surface area (Å²) >= 11 is 0. The molecule has 0 aliphatic rings. The Morgan fingerprint density at radius 1 is 0.292 bits per heavy atom. The van der Waals surface area contributed by atoms with Crippen LogP contribution >= 0.6 is 15.8 Å². The molecule has 41 heteroatoms. The number of benzene rings is 6. The molecule has 0 spiro atoms. The van der Waals surface area contributed by atoms with E-state index >= 15 is 0 Å². The summed E-state index contributed by atoms with van der Waals surface area (Å²) < 4.78 is 493. The molecule has 6 rings (SSSR count). The smallest absolute Gasteiger partial charge is 0.279 e. The molecule has 0 bridgehead atoms. The molecular weight excluding hydrogens is 1480 g/mol. The number of halogens is 33. The molecule has 0 saturated carbocycles. The molecule has 89 heavy (non-hydrogen) atoms. The number of alkyl halides is 33. The zero-order chi connectivity index (χ0) is 67.9. The third-order valence-corrected chi connectivity index (χ3v) is 20.8. The van der Waals surface area contributed by atoms with Crippen molar-refractivity contribution >= 4 is 77.0 Å². The second-order valence-corrected chi connectivity index (χ2v) is 26.6. The van der Waals surface area contributed by atoms with Crippen molar-refractivity contribution < 1.29 is 178 Å². The monoisotopic (exact) mass is 1500 g/mol. The quantitative estimate of drug-likeness (QED) is 0.0543. The van der Waals surface area contributed by atoms with Gasteiger partial charge in [-0.15, -0.1) is 0 Å². The van der Waals surface area contributed by atoms with Gasteiger partial charge in [-0.25, -0.2) is 0 Å². The second kappa shape index (κ2) is 25.3. The number of rotatable bonds is 8. The fourth-order valence-corrected chi connectivity index (χ4v) is 17.4. The van der Waals surface area contributed by atoms with Crippen molar-refractivity contribution in [1.29, 1.82) is 0 Å². The Balaban J connectivity index is 0.00000175. The summed E-state index contributed by atoms with van der Waals surface area (Å²) in [5.74, 6) is 0. The van der Waals surface area contributed by atoms with Crippen molar-refractivity contribution in [3.05, 3.63) is 165 Å². The van der Waals surface area contributed by atoms with Crippen molar-refractivity contribution in [3.63, 3.8) is 0 Å². The standard InChI is InChI=1S/C47H21F30P2Si.CHF3O3S.Pd/c1-80(36-4-2-20(38(48,49)50)18-34(36)78(30-10-22(40(54,55)56)6-23(11-30)41(57,58)59)31-12-24(42(60,61)62)7-25(13-31)43(63,64)65)37-5-3-21(39(51,52)53)19-35(37)79(32-14-26(44(66,67)68)8-27(15-32)45(69,70)71)33-16-28(46(72,73)74)9-29(17-33)47(75,76)77;2-1(3,4)8(5,6)7;/h2-19H,1H3;(H,5,6,7);/p+2. The Morgan fingerprint density at radius 3 is 0.584 bits per heavy atom. The van der Waals surface area contributed by atoms with Gasteiger partial charge in [0, 0.05) is 20.4 Å². The van der Waals surface area contributed by atoms with Crippen LogP contribution in [0.1, 0.15) is 55.6 Å². The van der Waals surface area contributed by atoms with E-state index in [0.717, 1.165) is 0 Å². The summed E-state index contributed by atoms with van der Waals surface area (Å²) in [6, 6.07) is -5.06. The van der Waals surface area contributed by atoms with Gasteiger partial charge in [-0.3, -0.25) is 4.55 Å². The van der Waals surface area contributed by atoms with Crippen LogP contribution in [0.25, 0.3) is 0 Å². The molecule has 0 atom stereocenters. The van der Waals surface area contributed by atoms with Crippen molar-refractivity contribution in [2.45, 2.75) is 73.8 Å². The number of hydrogen-bond donors (Lipinski definition) is 1. The molecule has 0 heterocycles. The van der Waals surface area contributed by atoms with E-state index < -0.39 is 224 Å². The minimum atomic E-state index is -5.94. The van der Waals surface area contributed by atoms with Crippen LogP contribution in [0.5, 0.6) is 0 Å². The third-order valence-electron chi connectivity index (χ3n) is 11.8. The molecule has 0 amide bonds. The summed E-state index contributed by atoms with van der Waals surface area (Å²) in [6.07, 6.45) is -59.1. The third kappa shape index (κ3) is 18.7. The predicted molar refractivity (Wildman–Crippen MR) is 252 cm³/mol. The van der Waals surface area contributed by atoms with E-state index in [2.05, 4.69) is 0 Å². The van der Waals surface area contributed by atoms with Crippen LogP contribution in [-0.4, -0.2) is 27.3 Å². The molecule has 1 N–H and O–H groups in total. The normalized spacial score (nSPS) is 13.9. The van der Waals surface area contributed by atoms with Gasteiger partial charge in [0.05, 0.1) is 71.5 Å². The minimum Gasteiger partial charge on any atom is -0.279 e. The fraction of sp³-hybridized carbons (Fsp3) is 0.250. The van der Waals surface area contributed by atoms with Crippen LogP contribution in [0.15, 0.2) is 109 Å². The first-order valence-corrected chi connectivity index (χ1v) is 28.8. The van der Waals surface area contributed by atoms with Gasteiger partial charge in [-0.1, -0.05) is 18.7 Å². The van der Waals surface area contributed by atoms with Crippen LogP contribution < -0.4 is 42.2 Å². The van der Waals surface area contributed by atoms with Crippen LogP contribution in [0.2, 0.25) is 6.55 Å². The molecule has 0 aromatic heterocycles. The van der Waals surface area contributed by atoms with Gasteiger partial charge in [-0.2, -0.15) is 153 Å². The van der Waals surface area contributed by atoms with Crippen molar-refractivity contribution in [2.75, 3.05) is 0 Å². The van der Waals surface area contributed by atoms with Crippen LogP contribution in [0, 0.1) is 0 Å². The van der Waals surface area contributed by atoms with E-state index in [-0.39, 0.29) is 105 Å². The summed E-state index contributed by atoms with van der Waals surface area (Å²) in [5.41, 5.74) is -28.8. The molecule has 6 aromatic carbocycles. The largest absolute Gasteiger partial charge is 0.522 e. The Morgan fingerprint density at radius 2 is 0.449 bits per heavy atom. The van der Waals surface area contributed by atoms with E-state index in [9.17, 15) is 145 Å². The van der Waals surface area contributed by atoms with Gasteiger partial charge in [0.2, 0.25) is 0 Å². The SMILES string of the molecule is C[Si](c1ccc(C(F)(F)F)cc1[PH+](c1cc(C(F)(F)F)cc(C(F)(F)F)c1)c1cc(C(F)(F)F)cc(C(F)(F)F)c1)c1ccc(C(F)(F)F)cc1[PH+](c1cc(C(F)(F)F)cc(C(F)(F)F)c1)c1cc(C(F)(F)F)cc(C(F)(F)F)c1.O=S(=O)(O)C(F)(F)F.[Pd]. The maximum Gasteiger partial charge on any atom is 0.522 e. The molecule has 0 unspecified atom stereocenters. The van der Waals surface area contributed by atoms with Gasteiger partial charge in [0.1, 0.15) is 40.6 Å². The van der Waals surface area contributed by atoms with Gasteiger partial charge >= 0.3 is 77.4 Å². The molecule has 1 radical (unpaired) electrons. The molecule has 0 aliphatic heterocycles. The minimum absolute atomic E-state index is 0. The van der Waals surface area contributed by atoms with Crippen LogP contribution in [-0.2, 0) is 92.3 Å². The molecule has 0 saturated heterocycles. The fourth-order valence-electron chi connectivity index (χ4n) is 8.01. The summed E-state index contributed by atoms with van der Waals surface area (Å²) in [5, 5.41) is -11.5. The first kappa shape index (κ1) is 76.1. The predicted octanol–water partition coefficient (Wildman–Crippen LogP) is 15.5. The van der Waals surface area contributed by atoms with Crippen molar-refractivity contribution in [3.8, 4) is 0 Å². The topological polar surface area (TPSA) is 54.4 Å². The average Bonchev–Trinajstić information content (AvgIpc) is 0.809. The molecule has 3 nitrogen and oxygen atoms in total. The van der Waals surface area contributed by atoms with Crippen molar-refractivity contribution in [1.82, 2.24) is 0 Å². The first-order valence-electron chi connectivity index (χ1n) is 22.4. The van der Waals surface area contributed by atoms with E-state index in [4.69, 9.17) is 13.0 Å². The molecule has 6 aromatic rings. The van der Waals surface area contributed by atoms with Crippen LogP contribution in [0.4, 0.5) is 145 Å². The maximum atomic E-state index is 14.7. The maximum absolute atomic E-state index is 14.7. The zero-order valence-electron chi connectivity index (χ0n) is 41.9. The Bertz CT molecular complexity index is 3170. The average molecular weight is 1500 g/mol. The van der Waals surface area contributed by atoms with Gasteiger partial charge in [0.25, 0.3) is 0 Å². The van der Waals surface area contributed by atoms with Gasteiger partial charge in [0.15, 0.2) is 0 Å². The molecular formula is C48H24F33O3P2PdSSi+2. The van der Waals surface area contributed by atoms with E-state index in [1.165, 1.54) is 0 Å². The summed E-state index contributed by atoms with van der Waals surface area (Å²) in [6.45, 7) is 0.670. The van der Waals surface area contributed by atoms with Gasteiger partial charge in [-0.05, 0) is 107 Å². The van der Waals surface area contributed by atoms with E-state index in [1.54, 1.807) is 0 Å². The zero-order valence-corrected chi connectivity index (χ0v) is 47.2. The summed E-state index contributed by atoms with van der Waals surface area (Å²) in [7, 11) is -19.6. The summed E-state index contributed by atoms with van der Waals surface area (Å²) in [4.78, 5) is 0. The molecule has 0 aliphatic carbocycles. The first-order chi connectivity index (χ1) is 39.1. The van der Waals surface area contributed by atoms with E-state index in [0.29, 0.717) is 6.55 Å². The molecule has 493 valence electrons. The second-order valence-electron chi connectivity index (χ2n) is 18.0. The number of hydrogen-bond acceptors (Lipinski definition) is 2. The molecule has 0 fully saturated rings.